The number of carbonyl (C=O) groups excluding carboxylic acids is 5. The van der Waals surface area contributed by atoms with Crippen LogP contribution in [-0.2, 0) is 42.9 Å². The molecular formula is C22H27NO11. The Bertz CT molecular complexity index is 931. The van der Waals surface area contributed by atoms with Crippen molar-refractivity contribution >= 4 is 29.8 Å². The summed E-state index contributed by atoms with van der Waals surface area (Å²) in [6.07, 6.45) is -5.04. The van der Waals surface area contributed by atoms with Crippen LogP contribution in [0.5, 0.6) is 5.75 Å². The zero-order valence-corrected chi connectivity index (χ0v) is 19.4. The van der Waals surface area contributed by atoms with Gasteiger partial charge in [-0.25, -0.2) is 4.79 Å². The predicted octanol–water partition coefficient (Wildman–Crippen LogP) is 0.508. The summed E-state index contributed by atoms with van der Waals surface area (Å²) in [6.45, 7) is 4.28. The van der Waals surface area contributed by atoms with Crippen molar-refractivity contribution in [2.24, 2.45) is 0 Å². The molecule has 0 aromatic heterocycles. The van der Waals surface area contributed by atoms with Crippen LogP contribution in [0.25, 0.3) is 0 Å². The molecule has 12 nitrogen and oxygen atoms in total. The van der Waals surface area contributed by atoms with Gasteiger partial charge in [-0.1, -0.05) is 12.1 Å². The molecule has 2 rings (SSSR count). The second-order valence-electron chi connectivity index (χ2n) is 7.33. The molecule has 1 aliphatic rings. The third kappa shape index (κ3) is 7.17. The van der Waals surface area contributed by atoms with E-state index in [2.05, 4.69) is 5.32 Å². The van der Waals surface area contributed by atoms with E-state index in [0.29, 0.717) is 0 Å². The number of hydrogen-bond donors (Lipinski definition) is 1. The average Bonchev–Trinajstić information content (AvgIpc) is 2.75. The topological polar surface area (TPSA) is 153 Å². The molecule has 1 saturated heterocycles. The normalized spacial score (nSPS) is 23.7. The van der Waals surface area contributed by atoms with Gasteiger partial charge in [0.15, 0.2) is 12.2 Å². The summed E-state index contributed by atoms with van der Waals surface area (Å²) in [5, 5.41) is 2.58. The van der Waals surface area contributed by atoms with Gasteiger partial charge in [-0.15, -0.1) is 0 Å². The predicted molar refractivity (Wildman–Crippen MR) is 112 cm³/mol. The Morgan fingerprint density at radius 2 is 1.53 bits per heavy atom. The molecule has 0 saturated carbocycles. The van der Waals surface area contributed by atoms with Crippen molar-refractivity contribution in [1.82, 2.24) is 5.32 Å². The van der Waals surface area contributed by atoms with E-state index >= 15 is 0 Å². The molecule has 0 unspecified atom stereocenters. The first-order valence-corrected chi connectivity index (χ1v) is 10.3. The monoisotopic (exact) mass is 481 g/mol. The van der Waals surface area contributed by atoms with Gasteiger partial charge in [0.25, 0.3) is 0 Å². The number of para-hydroxylation sites is 1. The lowest BCUT2D eigenvalue weighted by atomic mass is 9.96. The van der Waals surface area contributed by atoms with Crippen LogP contribution in [0.15, 0.2) is 24.3 Å². The van der Waals surface area contributed by atoms with E-state index in [-0.39, 0.29) is 17.9 Å². The van der Waals surface area contributed by atoms with Crippen LogP contribution >= 0.6 is 0 Å². The van der Waals surface area contributed by atoms with Crippen LogP contribution in [0.4, 0.5) is 0 Å². The highest BCUT2D eigenvalue weighted by Crippen LogP contribution is 2.30. The Balaban J connectivity index is 2.52. The Hall–Kier alpha value is -3.67. The Morgan fingerprint density at radius 3 is 2.09 bits per heavy atom. The lowest BCUT2D eigenvalue weighted by Crippen LogP contribution is -2.67. The van der Waals surface area contributed by atoms with Crippen LogP contribution < -0.4 is 10.1 Å². The van der Waals surface area contributed by atoms with Gasteiger partial charge in [0.2, 0.25) is 12.2 Å². The van der Waals surface area contributed by atoms with Gasteiger partial charge in [0, 0.05) is 27.7 Å². The fourth-order valence-corrected chi connectivity index (χ4v) is 3.36. The van der Waals surface area contributed by atoms with E-state index in [1.54, 1.807) is 12.1 Å². The van der Waals surface area contributed by atoms with Crippen molar-refractivity contribution in [1.29, 1.82) is 0 Å². The van der Waals surface area contributed by atoms with Crippen LogP contribution in [0.3, 0.4) is 0 Å². The number of hydrogen-bond acceptors (Lipinski definition) is 11. The number of methoxy groups -OCH3 is 1. The first-order valence-electron chi connectivity index (χ1n) is 10.3. The maximum atomic E-state index is 12.2. The summed E-state index contributed by atoms with van der Waals surface area (Å²) < 4.78 is 32.3. The molecule has 1 heterocycles. The standard InChI is InChI=1S/C22H27NO11/c1-11(24)23-18-20(32-14(4)27)19(31-13(3)26)17(10-30-12(2)25)34-22(18)33-16-9-7-6-8-15(16)21(28)29-5/h6-9,17-20,22H,10H2,1-5H3,(H,23,24)/t17-,18+,19+,20-,22-/m1/s1. The third-order valence-corrected chi connectivity index (χ3v) is 4.61. The minimum absolute atomic E-state index is 0.0495. The molecule has 12 heteroatoms. The number of nitrogens with one attached hydrogen (secondary N) is 1. The number of benzene rings is 1. The van der Waals surface area contributed by atoms with Crippen molar-refractivity contribution in [2.45, 2.75) is 58.3 Å². The second-order valence-corrected chi connectivity index (χ2v) is 7.33. The van der Waals surface area contributed by atoms with Crippen molar-refractivity contribution in [3.05, 3.63) is 29.8 Å². The van der Waals surface area contributed by atoms with Gasteiger partial charge in [-0.2, -0.15) is 0 Å². The highest BCUT2D eigenvalue weighted by Gasteiger charge is 2.52. The van der Waals surface area contributed by atoms with E-state index in [4.69, 9.17) is 28.4 Å². The highest BCUT2D eigenvalue weighted by atomic mass is 16.7. The molecular weight excluding hydrogens is 454 g/mol. The quantitative estimate of drug-likeness (QED) is 0.408. The zero-order valence-electron chi connectivity index (χ0n) is 19.4. The van der Waals surface area contributed by atoms with Gasteiger partial charge in [-0.05, 0) is 12.1 Å². The molecule has 1 fully saturated rings. The minimum atomic E-state index is -1.36. The SMILES string of the molecule is COC(=O)c1ccccc1O[C@@H]1O[C@H](COC(C)=O)[C@H](OC(C)=O)[C@H](OC(C)=O)[C@@H]1NC(C)=O. The molecule has 5 atom stereocenters. The van der Waals surface area contributed by atoms with Crippen LogP contribution in [-0.4, -0.2) is 74.1 Å². The number of carbonyl (C=O) groups is 5. The molecule has 1 aromatic rings. The first kappa shape index (κ1) is 26.6. The molecule has 34 heavy (non-hydrogen) atoms. The van der Waals surface area contributed by atoms with Crippen molar-refractivity contribution in [2.75, 3.05) is 13.7 Å². The van der Waals surface area contributed by atoms with E-state index in [9.17, 15) is 24.0 Å². The number of esters is 4. The highest BCUT2D eigenvalue weighted by molar-refractivity contribution is 5.92. The molecule has 0 radical (unpaired) electrons. The van der Waals surface area contributed by atoms with Crippen molar-refractivity contribution < 1.29 is 52.4 Å². The van der Waals surface area contributed by atoms with Crippen molar-refractivity contribution in [3.63, 3.8) is 0 Å². The summed E-state index contributed by atoms with van der Waals surface area (Å²) in [5.74, 6) is -3.26. The van der Waals surface area contributed by atoms with Gasteiger partial charge < -0.3 is 33.7 Å². The summed E-state index contributed by atoms with van der Waals surface area (Å²) in [7, 11) is 1.20. The maximum absolute atomic E-state index is 12.2. The van der Waals surface area contributed by atoms with E-state index in [1.165, 1.54) is 33.1 Å². The first-order chi connectivity index (χ1) is 16.0. The Labute approximate surface area is 195 Å². The fraction of sp³-hybridized carbons (Fsp3) is 0.500. The van der Waals surface area contributed by atoms with Crippen LogP contribution in [0.1, 0.15) is 38.1 Å². The maximum Gasteiger partial charge on any atom is 0.341 e. The van der Waals surface area contributed by atoms with Gasteiger partial charge in [-0.3, -0.25) is 19.2 Å². The average molecular weight is 481 g/mol. The van der Waals surface area contributed by atoms with Gasteiger partial charge in [0.1, 0.15) is 30.1 Å². The van der Waals surface area contributed by atoms with E-state index < -0.39 is 60.4 Å². The van der Waals surface area contributed by atoms with Gasteiger partial charge >= 0.3 is 23.9 Å². The summed E-state index contributed by atoms with van der Waals surface area (Å²) in [4.78, 5) is 59.2. The molecule has 1 aromatic carbocycles. The Morgan fingerprint density at radius 1 is 0.912 bits per heavy atom. The molecule has 0 aliphatic carbocycles. The molecule has 1 N–H and O–H groups in total. The zero-order chi connectivity index (χ0) is 25.4. The Kier molecular flexibility index (Phi) is 9.36. The fourth-order valence-electron chi connectivity index (χ4n) is 3.36. The molecule has 0 bridgehead atoms. The third-order valence-electron chi connectivity index (χ3n) is 4.61. The second kappa shape index (κ2) is 12.0. The van der Waals surface area contributed by atoms with Crippen LogP contribution in [0, 0.1) is 0 Å². The molecule has 1 amide bonds. The minimum Gasteiger partial charge on any atom is -0.465 e. The largest absolute Gasteiger partial charge is 0.465 e. The lowest BCUT2D eigenvalue weighted by molar-refractivity contribution is -0.257. The van der Waals surface area contributed by atoms with E-state index in [1.807, 2.05) is 0 Å². The van der Waals surface area contributed by atoms with Crippen molar-refractivity contribution in [3.8, 4) is 5.75 Å². The number of rotatable bonds is 8. The van der Waals surface area contributed by atoms with Gasteiger partial charge in [0.05, 0.1) is 7.11 Å². The lowest BCUT2D eigenvalue weighted by Gasteiger charge is -2.44. The van der Waals surface area contributed by atoms with E-state index in [0.717, 1.165) is 13.8 Å². The number of amides is 1. The summed E-state index contributed by atoms with van der Waals surface area (Å²) in [6, 6.07) is 4.94. The summed E-state index contributed by atoms with van der Waals surface area (Å²) >= 11 is 0. The van der Waals surface area contributed by atoms with Crippen LogP contribution in [0.2, 0.25) is 0 Å². The smallest absolute Gasteiger partial charge is 0.341 e. The molecule has 1 aliphatic heterocycles. The number of ether oxygens (including phenoxy) is 6. The summed E-state index contributed by atoms with van der Waals surface area (Å²) in [5.41, 5.74) is 0.0675. The molecule has 186 valence electrons. The molecule has 0 spiro atoms.